The lowest BCUT2D eigenvalue weighted by molar-refractivity contribution is 0.751. The molecule has 1 aliphatic carbocycles. The molecule has 2 aromatic rings. The van der Waals surface area contributed by atoms with E-state index in [2.05, 4.69) is 21.5 Å². The van der Waals surface area contributed by atoms with Crippen molar-refractivity contribution >= 4 is 11.5 Å². The van der Waals surface area contributed by atoms with Gasteiger partial charge in [-0.25, -0.2) is 0 Å². The van der Waals surface area contributed by atoms with Crippen LogP contribution in [0.2, 0.25) is 0 Å². The third kappa shape index (κ3) is 2.16. The van der Waals surface area contributed by atoms with E-state index in [4.69, 9.17) is 0 Å². The predicted molar refractivity (Wildman–Crippen MR) is 67.4 cm³/mol. The highest BCUT2D eigenvalue weighted by Crippen LogP contribution is 2.40. The Kier molecular flexibility index (Phi) is 2.35. The first kappa shape index (κ1) is 10.3. The molecule has 0 aliphatic heterocycles. The normalized spacial score (nSPS) is 14.9. The molecule has 88 valence electrons. The summed E-state index contributed by atoms with van der Waals surface area (Å²) >= 11 is 0. The summed E-state index contributed by atoms with van der Waals surface area (Å²) in [5.41, 5.74) is 3.23. The number of aromatic nitrogens is 3. The van der Waals surface area contributed by atoms with Crippen molar-refractivity contribution in [3.8, 4) is 0 Å². The zero-order chi connectivity index (χ0) is 11.8. The zero-order valence-corrected chi connectivity index (χ0v) is 10.1. The first-order chi connectivity index (χ1) is 8.22. The van der Waals surface area contributed by atoms with E-state index in [1.807, 2.05) is 37.0 Å². The van der Waals surface area contributed by atoms with Crippen LogP contribution in [0.15, 0.2) is 24.4 Å². The lowest BCUT2D eigenvalue weighted by Gasteiger charge is -2.05. The predicted octanol–water partition coefficient (Wildman–Crippen LogP) is 2.74. The fourth-order valence-electron chi connectivity index (χ4n) is 1.87. The molecule has 4 heteroatoms. The molecule has 2 heterocycles. The molecular formula is C13H16N4. The first-order valence-electron chi connectivity index (χ1n) is 5.96. The molecule has 17 heavy (non-hydrogen) atoms. The van der Waals surface area contributed by atoms with Gasteiger partial charge in [-0.15, -0.1) is 0 Å². The number of pyridine rings is 1. The van der Waals surface area contributed by atoms with Gasteiger partial charge in [0.2, 0.25) is 0 Å². The van der Waals surface area contributed by atoms with Gasteiger partial charge in [0.15, 0.2) is 0 Å². The summed E-state index contributed by atoms with van der Waals surface area (Å²) in [6.07, 6.45) is 4.41. The van der Waals surface area contributed by atoms with Gasteiger partial charge in [-0.2, -0.15) is 5.10 Å². The van der Waals surface area contributed by atoms with E-state index in [0.29, 0.717) is 5.92 Å². The highest BCUT2D eigenvalue weighted by molar-refractivity contribution is 5.56. The van der Waals surface area contributed by atoms with E-state index >= 15 is 0 Å². The molecule has 1 fully saturated rings. The molecule has 0 bridgehead atoms. The lowest BCUT2D eigenvalue weighted by Crippen LogP contribution is -1.99. The second kappa shape index (κ2) is 3.87. The van der Waals surface area contributed by atoms with E-state index in [-0.39, 0.29) is 0 Å². The SMILES string of the molecule is Cc1ccc(Nc2cc(C3CC3)nn2C)cn1. The van der Waals surface area contributed by atoms with Crippen LogP contribution in [0.3, 0.4) is 0 Å². The van der Waals surface area contributed by atoms with Gasteiger partial charge in [0, 0.05) is 24.7 Å². The smallest absolute Gasteiger partial charge is 0.128 e. The van der Waals surface area contributed by atoms with Crippen molar-refractivity contribution in [2.75, 3.05) is 5.32 Å². The number of hydrogen-bond donors (Lipinski definition) is 1. The summed E-state index contributed by atoms with van der Waals surface area (Å²) in [7, 11) is 1.97. The molecule has 3 rings (SSSR count). The Morgan fingerprint density at radius 2 is 2.18 bits per heavy atom. The van der Waals surface area contributed by atoms with Gasteiger partial charge in [0.1, 0.15) is 5.82 Å². The van der Waals surface area contributed by atoms with Crippen molar-refractivity contribution in [1.29, 1.82) is 0 Å². The van der Waals surface area contributed by atoms with E-state index in [9.17, 15) is 0 Å². The maximum Gasteiger partial charge on any atom is 0.128 e. The van der Waals surface area contributed by atoms with Crippen LogP contribution in [0.1, 0.15) is 30.1 Å². The Hall–Kier alpha value is -1.84. The number of hydrogen-bond acceptors (Lipinski definition) is 3. The van der Waals surface area contributed by atoms with Gasteiger partial charge < -0.3 is 5.32 Å². The summed E-state index contributed by atoms with van der Waals surface area (Å²) in [6, 6.07) is 6.17. The van der Waals surface area contributed by atoms with Crippen LogP contribution in [0.4, 0.5) is 11.5 Å². The average molecular weight is 228 g/mol. The monoisotopic (exact) mass is 228 g/mol. The van der Waals surface area contributed by atoms with E-state index in [1.54, 1.807) is 0 Å². The molecule has 1 saturated carbocycles. The van der Waals surface area contributed by atoms with E-state index in [0.717, 1.165) is 17.2 Å². The van der Waals surface area contributed by atoms with Gasteiger partial charge >= 0.3 is 0 Å². The van der Waals surface area contributed by atoms with Crippen molar-refractivity contribution in [2.45, 2.75) is 25.7 Å². The molecule has 1 aliphatic rings. The third-order valence-electron chi connectivity index (χ3n) is 3.08. The largest absolute Gasteiger partial charge is 0.339 e. The van der Waals surface area contributed by atoms with Crippen LogP contribution >= 0.6 is 0 Å². The van der Waals surface area contributed by atoms with Crippen LogP contribution < -0.4 is 5.32 Å². The molecule has 0 aromatic carbocycles. The maximum atomic E-state index is 4.52. The topological polar surface area (TPSA) is 42.7 Å². The van der Waals surface area contributed by atoms with Crippen molar-refractivity contribution in [1.82, 2.24) is 14.8 Å². The number of rotatable bonds is 3. The second-order valence-electron chi connectivity index (χ2n) is 4.67. The molecule has 4 nitrogen and oxygen atoms in total. The van der Waals surface area contributed by atoms with Crippen LogP contribution in [-0.2, 0) is 7.05 Å². The van der Waals surface area contributed by atoms with E-state index < -0.39 is 0 Å². The second-order valence-corrected chi connectivity index (χ2v) is 4.67. The molecule has 0 unspecified atom stereocenters. The maximum absolute atomic E-state index is 4.52. The summed E-state index contributed by atoms with van der Waals surface area (Å²) < 4.78 is 1.90. The minimum absolute atomic E-state index is 0.688. The Bertz CT molecular complexity index is 523. The Morgan fingerprint density at radius 1 is 1.35 bits per heavy atom. The van der Waals surface area contributed by atoms with Gasteiger partial charge in [-0.1, -0.05) is 0 Å². The fourth-order valence-corrected chi connectivity index (χ4v) is 1.87. The lowest BCUT2D eigenvalue weighted by atomic mass is 10.3. The van der Waals surface area contributed by atoms with Gasteiger partial charge in [0.25, 0.3) is 0 Å². The number of aryl methyl sites for hydroxylation is 2. The number of anilines is 2. The molecule has 0 saturated heterocycles. The number of nitrogens with one attached hydrogen (secondary N) is 1. The van der Waals surface area contributed by atoms with Crippen LogP contribution in [0.5, 0.6) is 0 Å². The summed E-state index contributed by atoms with van der Waals surface area (Å²) in [6.45, 7) is 1.99. The van der Waals surface area contributed by atoms with Gasteiger partial charge in [-0.3, -0.25) is 9.67 Å². The van der Waals surface area contributed by atoms with Gasteiger partial charge in [0.05, 0.1) is 17.6 Å². The summed E-state index contributed by atoms with van der Waals surface area (Å²) in [5, 5.41) is 7.86. The average Bonchev–Trinajstić information content (AvgIpc) is 3.09. The molecular weight excluding hydrogens is 212 g/mol. The third-order valence-corrected chi connectivity index (χ3v) is 3.08. The van der Waals surface area contributed by atoms with Crippen molar-refractivity contribution in [2.24, 2.45) is 7.05 Å². The fraction of sp³-hybridized carbons (Fsp3) is 0.385. The molecule has 0 amide bonds. The number of nitrogens with zero attached hydrogens (tertiary/aromatic N) is 3. The standard InChI is InChI=1S/C13H16N4/c1-9-3-6-11(8-14-9)15-13-7-12(10-4-5-10)16-17(13)2/h3,6-8,10,15H,4-5H2,1-2H3. The van der Waals surface area contributed by atoms with Crippen molar-refractivity contribution < 1.29 is 0 Å². The van der Waals surface area contributed by atoms with Crippen LogP contribution in [0.25, 0.3) is 0 Å². The Balaban J connectivity index is 1.81. The molecule has 0 radical (unpaired) electrons. The molecule has 1 N–H and O–H groups in total. The van der Waals surface area contributed by atoms with E-state index in [1.165, 1.54) is 18.5 Å². The molecule has 2 aromatic heterocycles. The van der Waals surface area contributed by atoms with Crippen molar-refractivity contribution in [3.63, 3.8) is 0 Å². The highest BCUT2D eigenvalue weighted by atomic mass is 15.3. The minimum Gasteiger partial charge on any atom is -0.339 e. The van der Waals surface area contributed by atoms with Gasteiger partial charge in [-0.05, 0) is 31.9 Å². The zero-order valence-electron chi connectivity index (χ0n) is 10.1. The minimum atomic E-state index is 0.688. The van der Waals surface area contributed by atoms with Crippen molar-refractivity contribution in [3.05, 3.63) is 35.8 Å². The quantitative estimate of drug-likeness (QED) is 0.878. The highest BCUT2D eigenvalue weighted by Gasteiger charge is 2.26. The summed E-state index contributed by atoms with van der Waals surface area (Å²) in [5.74, 6) is 1.71. The first-order valence-corrected chi connectivity index (χ1v) is 5.96. The molecule has 0 spiro atoms. The Labute approximate surface area is 101 Å². The summed E-state index contributed by atoms with van der Waals surface area (Å²) in [4.78, 5) is 4.27. The van der Waals surface area contributed by atoms with Crippen LogP contribution in [-0.4, -0.2) is 14.8 Å². The Morgan fingerprint density at radius 3 is 2.82 bits per heavy atom. The van der Waals surface area contributed by atoms with Crippen LogP contribution in [0, 0.1) is 6.92 Å². The molecule has 0 atom stereocenters.